The van der Waals surface area contributed by atoms with E-state index in [2.05, 4.69) is 12.2 Å². The van der Waals surface area contributed by atoms with Crippen molar-refractivity contribution in [2.45, 2.75) is 19.8 Å². The van der Waals surface area contributed by atoms with E-state index in [-0.39, 0.29) is 6.03 Å². The van der Waals surface area contributed by atoms with E-state index >= 15 is 0 Å². The first-order valence-corrected chi connectivity index (χ1v) is 7.11. The molecule has 1 saturated heterocycles. The SMILES string of the molecule is CC1CCN(C(=O)NCCc2ccc(Cl)s2)C1. The minimum atomic E-state index is 0.0667. The average molecular weight is 273 g/mol. The summed E-state index contributed by atoms with van der Waals surface area (Å²) in [6.07, 6.45) is 1.97. The molecule has 1 aliphatic rings. The van der Waals surface area contributed by atoms with Crippen LogP contribution in [0.5, 0.6) is 0 Å². The zero-order valence-corrected chi connectivity index (χ0v) is 11.5. The van der Waals surface area contributed by atoms with Crippen molar-refractivity contribution >= 4 is 29.0 Å². The van der Waals surface area contributed by atoms with Crippen molar-refractivity contribution < 1.29 is 4.79 Å². The van der Waals surface area contributed by atoms with Gasteiger partial charge in [0.1, 0.15) is 0 Å². The van der Waals surface area contributed by atoms with Crippen LogP contribution in [-0.4, -0.2) is 30.6 Å². The molecule has 0 aromatic carbocycles. The molecule has 0 spiro atoms. The van der Waals surface area contributed by atoms with E-state index in [9.17, 15) is 4.79 Å². The molecule has 1 N–H and O–H groups in total. The second-order valence-corrected chi connectivity index (χ2v) is 6.33. The van der Waals surface area contributed by atoms with Gasteiger partial charge in [-0.2, -0.15) is 0 Å². The van der Waals surface area contributed by atoms with Gasteiger partial charge in [-0.25, -0.2) is 4.79 Å². The van der Waals surface area contributed by atoms with Crippen LogP contribution in [0.2, 0.25) is 4.34 Å². The normalized spacial score (nSPS) is 19.6. The number of hydrogen-bond donors (Lipinski definition) is 1. The Morgan fingerprint density at radius 3 is 3.06 bits per heavy atom. The number of rotatable bonds is 3. The molecule has 0 aliphatic carbocycles. The van der Waals surface area contributed by atoms with Crippen LogP contribution < -0.4 is 5.32 Å². The number of carbonyl (C=O) groups is 1. The predicted molar refractivity (Wildman–Crippen MR) is 71.8 cm³/mol. The fourth-order valence-electron chi connectivity index (χ4n) is 2.01. The fraction of sp³-hybridized carbons (Fsp3) is 0.583. The van der Waals surface area contributed by atoms with Gasteiger partial charge in [0.25, 0.3) is 0 Å². The number of hydrogen-bond acceptors (Lipinski definition) is 2. The molecule has 0 radical (unpaired) electrons. The van der Waals surface area contributed by atoms with Crippen molar-refractivity contribution in [3.05, 3.63) is 21.3 Å². The molecule has 1 fully saturated rings. The highest BCUT2D eigenvalue weighted by Gasteiger charge is 2.22. The molecule has 1 aromatic rings. The molecule has 5 heteroatoms. The highest BCUT2D eigenvalue weighted by Crippen LogP contribution is 2.21. The third-order valence-corrected chi connectivity index (χ3v) is 4.28. The van der Waals surface area contributed by atoms with Crippen molar-refractivity contribution in [2.24, 2.45) is 5.92 Å². The van der Waals surface area contributed by atoms with E-state index in [0.29, 0.717) is 12.5 Å². The fourth-order valence-corrected chi connectivity index (χ4v) is 3.10. The maximum absolute atomic E-state index is 11.8. The van der Waals surface area contributed by atoms with Gasteiger partial charge in [0, 0.05) is 24.5 Å². The third-order valence-electron chi connectivity index (χ3n) is 2.99. The minimum absolute atomic E-state index is 0.0667. The summed E-state index contributed by atoms with van der Waals surface area (Å²) < 4.78 is 0.805. The lowest BCUT2D eigenvalue weighted by Gasteiger charge is -2.16. The zero-order chi connectivity index (χ0) is 12.3. The second kappa shape index (κ2) is 5.74. The first-order valence-electron chi connectivity index (χ1n) is 5.92. The molecule has 0 bridgehead atoms. The van der Waals surface area contributed by atoms with Gasteiger partial charge in [0.15, 0.2) is 0 Å². The number of thiophene rings is 1. The van der Waals surface area contributed by atoms with E-state index in [1.165, 1.54) is 4.88 Å². The van der Waals surface area contributed by atoms with Gasteiger partial charge in [-0.05, 0) is 30.9 Å². The number of carbonyl (C=O) groups excluding carboxylic acids is 1. The molecule has 0 saturated carbocycles. The van der Waals surface area contributed by atoms with Crippen LogP contribution in [0.1, 0.15) is 18.2 Å². The molecule has 2 amide bonds. The van der Waals surface area contributed by atoms with Crippen molar-refractivity contribution in [3.8, 4) is 0 Å². The summed E-state index contributed by atoms with van der Waals surface area (Å²) in [5, 5.41) is 2.95. The maximum atomic E-state index is 11.8. The van der Waals surface area contributed by atoms with Gasteiger partial charge in [-0.15, -0.1) is 11.3 Å². The Hall–Kier alpha value is -0.740. The lowest BCUT2D eigenvalue weighted by Crippen LogP contribution is -2.39. The zero-order valence-electron chi connectivity index (χ0n) is 9.91. The Morgan fingerprint density at radius 2 is 2.47 bits per heavy atom. The summed E-state index contributed by atoms with van der Waals surface area (Å²) in [5.74, 6) is 0.636. The van der Waals surface area contributed by atoms with Crippen molar-refractivity contribution in [3.63, 3.8) is 0 Å². The lowest BCUT2D eigenvalue weighted by molar-refractivity contribution is 0.207. The Bertz CT molecular complexity index is 394. The predicted octanol–water partition coefficient (Wildman–Crippen LogP) is 3.00. The van der Waals surface area contributed by atoms with E-state index in [1.807, 2.05) is 17.0 Å². The summed E-state index contributed by atoms with van der Waals surface area (Å²) in [6.45, 7) is 4.63. The molecule has 1 atom stereocenters. The van der Waals surface area contributed by atoms with Gasteiger partial charge in [0.2, 0.25) is 0 Å². The molecular weight excluding hydrogens is 256 g/mol. The average Bonchev–Trinajstić information content (AvgIpc) is 2.88. The van der Waals surface area contributed by atoms with Crippen molar-refractivity contribution in [2.75, 3.05) is 19.6 Å². The van der Waals surface area contributed by atoms with Crippen molar-refractivity contribution in [1.82, 2.24) is 10.2 Å². The highest BCUT2D eigenvalue weighted by molar-refractivity contribution is 7.16. The summed E-state index contributed by atoms with van der Waals surface area (Å²) in [7, 11) is 0. The third kappa shape index (κ3) is 3.61. The smallest absolute Gasteiger partial charge is 0.317 e. The quantitative estimate of drug-likeness (QED) is 0.901. The molecule has 94 valence electrons. The Labute approximate surface area is 111 Å². The molecule has 2 rings (SSSR count). The Kier molecular flexibility index (Phi) is 4.29. The molecule has 1 unspecified atom stereocenters. The molecule has 1 aromatic heterocycles. The van der Waals surface area contributed by atoms with Gasteiger partial charge in [0.05, 0.1) is 4.34 Å². The summed E-state index contributed by atoms with van der Waals surface area (Å²) >= 11 is 7.42. The molecule has 2 heterocycles. The number of nitrogens with one attached hydrogen (secondary N) is 1. The second-order valence-electron chi connectivity index (χ2n) is 4.53. The van der Waals surface area contributed by atoms with Gasteiger partial charge >= 0.3 is 6.03 Å². The maximum Gasteiger partial charge on any atom is 0.317 e. The molecule has 3 nitrogen and oxygen atoms in total. The van der Waals surface area contributed by atoms with E-state index in [0.717, 1.165) is 30.3 Å². The molecular formula is C12H17ClN2OS. The topological polar surface area (TPSA) is 32.3 Å². The first kappa shape index (κ1) is 12.7. The van der Waals surface area contributed by atoms with Crippen LogP contribution in [0.25, 0.3) is 0 Å². The highest BCUT2D eigenvalue weighted by atomic mass is 35.5. The number of likely N-dealkylation sites (tertiary alicyclic amines) is 1. The molecule has 17 heavy (non-hydrogen) atoms. The van der Waals surface area contributed by atoms with Crippen LogP contribution >= 0.6 is 22.9 Å². The monoisotopic (exact) mass is 272 g/mol. The van der Waals surface area contributed by atoms with E-state index < -0.39 is 0 Å². The standard InChI is InChI=1S/C12H17ClN2OS/c1-9-5-7-15(8-9)12(16)14-6-4-10-2-3-11(13)17-10/h2-3,9H,4-8H2,1H3,(H,14,16). The van der Waals surface area contributed by atoms with Gasteiger partial charge in [-0.1, -0.05) is 18.5 Å². The summed E-state index contributed by atoms with van der Waals surface area (Å²) in [4.78, 5) is 14.9. The van der Waals surface area contributed by atoms with E-state index in [4.69, 9.17) is 11.6 Å². The van der Waals surface area contributed by atoms with Crippen LogP contribution in [0.4, 0.5) is 4.79 Å². The van der Waals surface area contributed by atoms with Crippen LogP contribution in [0.15, 0.2) is 12.1 Å². The van der Waals surface area contributed by atoms with Crippen LogP contribution in [-0.2, 0) is 6.42 Å². The number of nitrogens with zero attached hydrogens (tertiary/aromatic N) is 1. The molecule has 1 aliphatic heterocycles. The van der Waals surface area contributed by atoms with Crippen molar-refractivity contribution in [1.29, 1.82) is 0 Å². The van der Waals surface area contributed by atoms with E-state index in [1.54, 1.807) is 11.3 Å². The van der Waals surface area contributed by atoms with Gasteiger partial charge < -0.3 is 10.2 Å². The summed E-state index contributed by atoms with van der Waals surface area (Å²) in [5.41, 5.74) is 0. The Balaban J connectivity index is 1.70. The lowest BCUT2D eigenvalue weighted by atomic mass is 10.2. The number of amides is 2. The summed E-state index contributed by atoms with van der Waals surface area (Å²) in [6, 6.07) is 3.97. The minimum Gasteiger partial charge on any atom is -0.338 e. The largest absolute Gasteiger partial charge is 0.338 e. The Morgan fingerprint density at radius 1 is 1.65 bits per heavy atom. The van der Waals surface area contributed by atoms with Crippen LogP contribution in [0.3, 0.4) is 0 Å². The number of urea groups is 1. The number of halogens is 1. The van der Waals surface area contributed by atoms with Gasteiger partial charge in [-0.3, -0.25) is 0 Å². The first-order chi connectivity index (χ1) is 8.15. The van der Waals surface area contributed by atoms with Crippen LogP contribution in [0, 0.1) is 5.92 Å².